The van der Waals surface area contributed by atoms with Crippen molar-refractivity contribution in [2.24, 2.45) is 0 Å². The third-order valence-corrected chi connectivity index (χ3v) is 6.02. The molecule has 2 heterocycles. The van der Waals surface area contributed by atoms with Crippen LogP contribution in [-0.2, 0) is 0 Å². The van der Waals surface area contributed by atoms with Gasteiger partial charge in [0.05, 0.1) is 23.6 Å². The highest BCUT2D eigenvalue weighted by Crippen LogP contribution is 2.41. The molecule has 146 valence electrons. The molecule has 1 fully saturated rings. The van der Waals surface area contributed by atoms with Crippen molar-refractivity contribution in [1.82, 2.24) is 19.6 Å². The maximum absolute atomic E-state index is 13.6. The highest BCUT2D eigenvalue weighted by molar-refractivity contribution is 5.82. The summed E-state index contributed by atoms with van der Waals surface area (Å²) in [5.41, 5.74) is 5.90. The van der Waals surface area contributed by atoms with Gasteiger partial charge in [0.2, 0.25) is 0 Å². The minimum Gasteiger partial charge on any atom is -0.265 e. The Morgan fingerprint density at radius 2 is 1.79 bits per heavy atom. The van der Waals surface area contributed by atoms with Gasteiger partial charge in [0.15, 0.2) is 0 Å². The van der Waals surface area contributed by atoms with Crippen molar-refractivity contribution < 1.29 is 0 Å². The summed E-state index contributed by atoms with van der Waals surface area (Å²) in [5.74, 6) is 0.421. The number of aromatic nitrogens is 4. The molecule has 0 aliphatic heterocycles. The Morgan fingerprint density at radius 1 is 1.03 bits per heavy atom. The van der Waals surface area contributed by atoms with E-state index in [1.165, 1.54) is 11.1 Å². The predicted molar refractivity (Wildman–Crippen MR) is 115 cm³/mol. The number of hydrogen-bond donors (Lipinski definition) is 0. The Hall–Kier alpha value is -3.21. The molecular formula is C24H24N4O. The molecule has 1 atom stereocenters. The Kier molecular flexibility index (Phi) is 4.12. The first kappa shape index (κ1) is 17.9. The number of aryl methyl sites for hydroxylation is 2. The van der Waals surface area contributed by atoms with Crippen molar-refractivity contribution in [3.8, 4) is 5.69 Å². The number of benzene rings is 2. The third-order valence-electron chi connectivity index (χ3n) is 6.02. The molecule has 5 heteroatoms. The predicted octanol–water partition coefficient (Wildman–Crippen LogP) is 4.69. The van der Waals surface area contributed by atoms with Crippen LogP contribution in [0.5, 0.6) is 0 Å². The van der Waals surface area contributed by atoms with Crippen LogP contribution in [0, 0.1) is 13.8 Å². The molecule has 2 aromatic carbocycles. The van der Waals surface area contributed by atoms with E-state index < -0.39 is 0 Å². The first-order valence-corrected chi connectivity index (χ1v) is 10.2. The second-order valence-corrected chi connectivity index (χ2v) is 8.08. The van der Waals surface area contributed by atoms with Crippen LogP contribution < -0.4 is 5.56 Å². The van der Waals surface area contributed by atoms with Gasteiger partial charge in [-0.25, -0.2) is 9.36 Å². The molecule has 1 saturated carbocycles. The molecule has 1 unspecified atom stereocenters. The van der Waals surface area contributed by atoms with Gasteiger partial charge in [-0.1, -0.05) is 36.4 Å². The highest BCUT2D eigenvalue weighted by atomic mass is 16.1. The van der Waals surface area contributed by atoms with Gasteiger partial charge in [-0.05, 0) is 62.4 Å². The second-order valence-electron chi connectivity index (χ2n) is 8.08. The summed E-state index contributed by atoms with van der Waals surface area (Å²) in [6.07, 6.45) is 4.05. The van der Waals surface area contributed by atoms with Crippen LogP contribution in [0.2, 0.25) is 0 Å². The smallest absolute Gasteiger partial charge is 0.265 e. The molecule has 5 rings (SSSR count). The zero-order valence-electron chi connectivity index (χ0n) is 17.0. The fourth-order valence-corrected chi connectivity index (χ4v) is 3.91. The van der Waals surface area contributed by atoms with Crippen molar-refractivity contribution in [3.63, 3.8) is 0 Å². The summed E-state index contributed by atoms with van der Waals surface area (Å²) in [6.45, 7) is 6.20. The number of nitrogens with zero attached hydrogens (tertiary/aromatic N) is 4. The molecule has 0 spiro atoms. The lowest BCUT2D eigenvalue weighted by atomic mass is 10.1. The van der Waals surface area contributed by atoms with Crippen LogP contribution in [0.3, 0.4) is 0 Å². The normalized spacial score (nSPS) is 15.0. The molecule has 1 aliphatic rings. The second kappa shape index (κ2) is 6.69. The van der Waals surface area contributed by atoms with Gasteiger partial charge >= 0.3 is 0 Å². The maximum atomic E-state index is 13.6. The van der Waals surface area contributed by atoms with E-state index in [0.29, 0.717) is 11.4 Å². The number of hydrogen-bond acceptors (Lipinski definition) is 3. The van der Waals surface area contributed by atoms with Crippen molar-refractivity contribution in [3.05, 3.63) is 87.5 Å². The Morgan fingerprint density at radius 3 is 2.48 bits per heavy atom. The van der Waals surface area contributed by atoms with Crippen molar-refractivity contribution in [1.29, 1.82) is 0 Å². The summed E-state index contributed by atoms with van der Waals surface area (Å²) in [7, 11) is 0. The summed E-state index contributed by atoms with van der Waals surface area (Å²) in [6, 6.07) is 16.1. The van der Waals surface area contributed by atoms with Gasteiger partial charge < -0.3 is 0 Å². The lowest BCUT2D eigenvalue weighted by Gasteiger charge is -2.16. The van der Waals surface area contributed by atoms with E-state index in [4.69, 9.17) is 5.10 Å². The largest absolute Gasteiger partial charge is 0.293 e. The minimum atomic E-state index is -0.145. The molecule has 0 bridgehead atoms. The van der Waals surface area contributed by atoms with Crippen LogP contribution in [0.25, 0.3) is 16.6 Å². The SMILES string of the molecule is Cc1ccc(-n2ncc3c(C4CC4)nn(C(C)c4ccccc4)c(=O)c32)cc1C. The standard InChI is InChI=1S/C24H24N4O/c1-15-9-12-20(13-16(15)2)28-23-21(14-25-28)22(19-10-11-19)26-27(24(23)29)17(3)18-7-5-4-6-8-18/h4-9,12-14,17,19H,10-11H2,1-3H3. The van der Waals surface area contributed by atoms with Crippen LogP contribution in [0.1, 0.15) is 54.1 Å². The molecular weight excluding hydrogens is 360 g/mol. The quantitative estimate of drug-likeness (QED) is 0.513. The van der Waals surface area contributed by atoms with Crippen LogP contribution >= 0.6 is 0 Å². The zero-order chi connectivity index (χ0) is 20.1. The van der Waals surface area contributed by atoms with E-state index in [-0.39, 0.29) is 11.6 Å². The molecule has 4 aromatic rings. The maximum Gasteiger partial charge on any atom is 0.293 e. The summed E-state index contributed by atoms with van der Waals surface area (Å²) in [4.78, 5) is 13.6. The topological polar surface area (TPSA) is 52.7 Å². The Balaban J connectivity index is 1.76. The van der Waals surface area contributed by atoms with Gasteiger partial charge in [-0.3, -0.25) is 4.79 Å². The van der Waals surface area contributed by atoms with E-state index in [1.54, 1.807) is 9.36 Å². The average molecular weight is 384 g/mol. The van der Waals surface area contributed by atoms with Gasteiger partial charge in [0.1, 0.15) is 5.52 Å². The van der Waals surface area contributed by atoms with E-state index in [2.05, 4.69) is 31.1 Å². The fraction of sp³-hybridized carbons (Fsp3) is 0.292. The monoisotopic (exact) mass is 384 g/mol. The zero-order valence-corrected chi connectivity index (χ0v) is 17.0. The van der Waals surface area contributed by atoms with E-state index in [0.717, 1.165) is 35.2 Å². The average Bonchev–Trinajstić information content (AvgIpc) is 3.48. The van der Waals surface area contributed by atoms with E-state index in [9.17, 15) is 4.79 Å². The van der Waals surface area contributed by atoms with Crippen LogP contribution in [0.4, 0.5) is 0 Å². The van der Waals surface area contributed by atoms with Crippen molar-refractivity contribution >= 4 is 10.9 Å². The number of rotatable bonds is 4. The number of fused-ring (bicyclic) bond motifs is 1. The van der Waals surface area contributed by atoms with Gasteiger partial charge in [-0.2, -0.15) is 10.2 Å². The van der Waals surface area contributed by atoms with E-state index >= 15 is 0 Å². The molecule has 2 aromatic heterocycles. The first-order valence-electron chi connectivity index (χ1n) is 10.2. The highest BCUT2D eigenvalue weighted by Gasteiger charge is 2.31. The summed E-state index contributed by atoms with van der Waals surface area (Å²) < 4.78 is 3.43. The molecule has 0 amide bonds. The Bertz CT molecular complexity index is 1270. The van der Waals surface area contributed by atoms with E-state index in [1.807, 2.05) is 49.5 Å². The van der Waals surface area contributed by atoms with Crippen molar-refractivity contribution in [2.45, 2.75) is 45.6 Å². The molecule has 0 radical (unpaired) electrons. The summed E-state index contributed by atoms with van der Waals surface area (Å²) in [5, 5.41) is 10.3. The fourth-order valence-electron chi connectivity index (χ4n) is 3.91. The lowest BCUT2D eigenvalue weighted by molar-refractivity contribution is 0.526. The van der Waals surface area contributed by atoms with Crippen LogP contribution in [0.15, 0.2) is 59.5 Å². The Labute approximate surface area is 169 Å². The lowest BCUT2D eigenvalue weighted by Crippen LogP contribution is -2.29. The molecule has 0 saturated heterocycles. The summed E-state index contributed by atoms with van der Waals surface area (Å²) >= 11 is 0. The van der Waals surface area contributed by atoms with Crippen LogP contribution in [-0.4, -0.2) is 19.6 Å². The molecule has 29 heavy (non-hydrogen) atoms. The van der Waals surface area contributed by atoms with Gasteiger partial charge in [0, 0.05) is 11.3 Å². The van der Waals surface area contributed by atoms with Gasteiger partial charge in [-0.15, -0.1) is 0 Å². The molecule has 1 aliphatic carbocycles. The minimum absolute atomic E-state index is 0.100. The molecule has 0 N–H and O–H groups in total. The first-order chi connectivity index (χ1) is 14.0. The third kappa shape index (κ3) is 2.97. The molecule has 5 nitrogen and oxygen atoms in total. The van der Waals surface area contributed by atoms with Gasteiger partial charge in [0.25, 0.3) is 5.56 Å². The van der Waals surface area contributed by atoms with Crippen molar-refractivity contribution in [2.75, 3.05) is 0 Å².